The van der Waals surface area contributed by atoms with Crippen LogP contribution in [0.25, 0.3) is 0 Å². The maximum absolute atomic E-state index is 5.96. The number of rotatable bonds is 19. The van der Waals surface area contributed by atoms with E-state index in [0.717, 1.165) is 25.4 Å². The molecule has 0 amide bonds. The van der Waals surface area contributed by atoms with Gasteiger partial charge in [0.15, 0.2) is 0 Å². The highest BCUT2D eigenvalue weighted by atomic mass is 16.5. The van der Waals surface area contributed by atoms with Crippen molar-refractivity contribution < 1.29 is 9.47 Å². The van der Waals surface area contributed by atoms with Crippen molar-refractivity contribution in [3.63, 3.8) is 0 Å². The van der Waals surface area contributed by atoms with E-state index in [1.54, 1.807) is 0 Å². The molecule has 0 heterocycles. The van der Waals surface area contributed by atoms with Crippen LogP contribution in [-0.4, -0.2) is 13.2 Å². The van der Waals surface area contributed by atoms with Gasteiger partial charge in [-0.3, -0.25) is 0 Å². The molecule has 0 saturated carbocycles. The van der Waals surface area contributed by atoms with Crippen molar-refractivity contribution in [1.82, 2.24) is 0 Å². The number of hydrogen-bond donors (Lipinski definition) is 0. The second kappa shape index (κ2) is 22.7. The minimum absolute atomic E-state index is 0. The lowest BCUT2D eigenvalue weighted by Gasteiger charge is -2.10. The summed E-state index contributed by atoms with van der Waals surface area (Å²) in [7, 11) is 0. The fourth-order valence-corrected chi connectivity index (χ4v) is 3.70. The molecule has 0 aromatic heterocycles. The molecule has 0 saturated heterocycles. The van der Waals surface area contributed by atoms with E-state index < -0.39 is 0 Å². The minimum atomic E-state index is 0. The topological polar surface area (TPSA) is 18.5 Å². The van der Waals surface area contributed by atoms with Crippen LogP contribution < -0.4 is 4.74 Å². The molecule has 2 nitrogen and oxygen atoms in total. The highest BCUT2D eigenvalue weighted by Gasteiger charge is 2.01. The van der Waals surface area contributed by atoms with Gasteiger partial charge in [-0.25, -0.2) is 0 Å². The number of ether oxygens (including phenoxy) is 2. The molecule has 2 heteroatoms. The van der Waals surface area contributed by atoms with Crippen molar-refractivity contribution in [1.29, 1.82) is 0 Å². The Bertz CT molecular complexity index is 470. The molecule has 1 rings (SSSR count). The normalized spacial score (nSPS) is 10.4. The van der Waals surface area contributed by atoms with E-state index in [1.165, 1.54) is 94.6 Å². The molecule has 0 fully saturated rings. The lowest BCUT2D eigenvalue weighted by molar-refractivity contribution is 0.134. The van der Waals surface area contributed by atoms with E-state index in [1.807, 2.05) is 6.92 Å². The van der Waals surface area contributed by atoms with E-state index in [4.69, 9.17) is 9.47 Å². The van der Waals surface area contributed by atoms with Crippen LogP contribution in [0.1, 0.15) is 130 Å². The molecule has 0 aliphatic rings. The van der Waals surface area contributed by atoms with Crippen molar-refractivity contribution in [2.45, 2.75) is 132 Å². The number of aryl methyl sites for hydroxylation is 1. The molecule has 0 atom stereocenters. The van der Waals surface area contributed by atoms with Crippen molar-refractivity contribution in [2.24, 2.45) is 0 Å². The summed E-state index contributed by atoms with van der Waals surface area (Å²) in [5, 5.41) is 0. The maximum Gasteiger partial charge on any atom is 0.119 e. The average Bonchev–Trinajstić information content (AvgIpc) is 2.69. The predicted octanol–water partition coefficient (Wildman–Crippen LogP) is 9.66. The Kier molecular flexibility index (Phi) is 23.5. The zero-order valence-corrected chi connectivity index (χ0v) is 19.1. The molecule has 1 aromatic rings. The Morgan fingerprint density at radius 3 is 1.63 bits per heavy atom. The standard InChI is InChI=1S/C26H46O2.2CH4/c1-4-6-7-8-9-10-11-12-13-14-15-16-17-18-19-28-26-21-24(3)20-25(22-26)23-27-5-2;;/h20-22H,4-19,23H2,1-3H3;2*1H4. The third kappa shape index (κ3) is 17.8. The van der Waals surface area contributed by atoms with Gasteiger partial charge in [0.25, 0.3) is 0 Å². The summed E-state index contributed by atoms with van der Waals surface area (Å²) in [6, 6.07) is 6.42. The van der Waals surface area contributed by atoms with Crippen molar-refractivity contribution in [3.8, 4) is 5.75 Å². The molecule has 30 heavy (non-hydrogen) atoms. The van der Waals surface area contributed by atoms with Crippen LogP contribution in [0.3, 0.4) is 0 Å². The Hall–Kier alpha value is -1.02. The van der Waals surface area contributed by atoms with Crippen molar-refractivity contribution in [2.75, 3.05) is 13.2 Å². The molecular formula is C28H54O2. The number of benzene rings is 1. The molecule has 0 spiro atoms. The highest BCUT2D eigenvalue weighted by molar-refractivity contribution is 5.33. The SMILES string of the molecule is C.C.CCCCCCCCCCCCCCCCOc1cc(C)cc(COCC)c1. The van der Waals surface area contributed by atoms with E-state index in [9.17, 15) is 0 Å². The van der Waals surface area contributed by atoms with Gasteiger partial charge in [0.2, 0.25) is 0 Å². The van der Waals surface area contributed by atoms with E-state index in [-0.39, 0.29) is 14.9 Å². The summed E-state index contributed by atoms with van der Waals surface area (Å²) in [5.41, 5.74) is 2.45. The monoisotopic (exact) mass is 422 g/mol. The van der Waals surface area contributed by atoms with Crippen LogP contribution in [0.2, 0.25) is 0 Å². The summed E-state index contributed by atoms with van der Waals surface area (Å²) in [6.45, 7) is 8.70. The number of hydrogen-bond acceptors (Lipinski definition) is 2. The molecule has 178 valence electrons. The zero-order chi connectivity index (χ0) is 20.3. The van der Waals surface area contributed by atoms with Crippen LogP contribution >= 0.6 is 0 Å². The van der Waals surface area contributed by atoms with Crippen LogP contribution in [-0.2, 0) is 11.3 Å². The van der Waals surface area contributed by atoms with Crippen LogP contribution in [0.5, 0.6) is 5.75 Å². The van der Waals surface area contributed by atoms with Gasteiger partial charge in [-0.2, -0.15) is 0 Å². The van der Waals surface area contributed by atoms with E-state index >= 15 is 0 Å². The van der Waals surface area contributed by atoms with Gasteiger partial charge in [0, 0.05) is 6.61 Å². The van der Waals surface area contributed by atoms with Crippen molar-refractivity contribution in [3.05, 3.63) is 29.3 Å². The Morgan fingerprint density at radius 2 is 1.13 bits per heavy atom. The van der Waals surface area contributed by atoms with Gasteiger partial charge >= 0.3 is 0 Å². The van der Waals surface area contributed by atoms with Gasteiger partial charge in [0.05, 0.1) is 13.2 Å². The summed E-state index contributed by atoms with van der Waals surface area (Å²) in [5.74, 6) is 0.990. The van der Waals surface area contributed by atoms with Crippen molar-refractivity contribution >= 4 is 0 Å². The van der Waals surface area contributed by atoms with Gasteiger partial charge in [-0.05, 0) is 43.5 Å². The summed E-state index contributed by atoms with van der Waals surface area (Å²) in [6.07, 6.45) is 19.5. The first-order chi connectivity index (χ1) is 13.8. The quantitative estimate of drug-likeness (QED) is 0.206. The number of unbranched alkanes of at least 4 members (excludes halogenated alkanes) is 13. The Labute approximate surface area is 190 Å². The summed E-state index contributed by atoms with van der Waals surface area (Å²) < 4.78 is 11.5. The second-order valence-electron chi connectivity index (χ2n) is 8.24. The minimum Gasteiger partial charge on any atom is -0.494 e. The largest absolute Gasteiger partial charge is 0.494 e. The molecule has 0 aliphatic carbocycles. The molecule has 1 aromatic carbocycles. The molecule has 0 bridgehead atoms. The fourth-order valence-electron chi connectivity index (χ4n) is 3.70. The zero-order valence-electron chi connectivity index (χ0n) is 19.1. The van der Waals surface area contributed by atoms with E-state index in [0.29, 0.717) is 6.61 Å². The van der Waals surface area contributed by atoms with E-state index in [2.05, 4.69) is 32.0 Å². The molecule has 0 N–H and O–H groups in total. The van der Waals surface area contributed by atoms with Crippen LogP contribution in [0, 0.1) is 6.92 Å². The van der Waals surface area contributed by atoms with Crippen LogP contribution in [0.15, 0.2) is 18.2 Å². The smallest absolute Gasteiger partial charge is 0.119 e. The summed E-state index contributed by atoms with van der Waals surface area (Å²) in [4.78, 5) is 0. The van der Waals surface area contributed by atoms with Gasteiger partial charge in [-0.1, -0.05) is 111 Å². The fraction of sp³-hybridized carbons (Fsp3) is 0.786. The first-order valence-electron chi connectivity index (χ1n) is 12.1. The Morgan fingerprint density at radius 1 is 0.633 bits per heavy atom. The first kappa shape index (κ1) is 31.2. The second-order valence-corrected chi connectivity index (χ2v) is 8.24. The molecule has 0 aliphatic heterocycles. The van der Waals surface area contributed by atoms with Crippen LogP contribution in [0.4, 0.5) is 0 Å². The third-order valence-corrected chi connectivity index (χ3v) is 5.35. The predicted molar refractivity (Wildman–Crippen MR) is 136 cm³/mol. The average molecular weight is 423 g/mol. The molecule has 0 unspecified atom stereocenters. The van der Waals surface area contributed by atoms with Gasteiger partial charge in [0.1, 0.15) is 5.75 Å². The highest BCUT2D eigenvalue weighted by Crippen LogP contribution is 2.18. The first-order valence-corrected chi connectivity index (χ1v) is 12.1. The lowest BCUT2D eigenvalue weighted by atomic mass is 10.0. The summed E-state index contributed by atoms with van der Waals surface area (Å²) >= 11 is 0. The Balaban J connectivity index is 0. The molecule has 0 radical (unpaired) electrons. The van der Waals surface area contributed by atoms with Gasteiger partial charge in [-0.15, -0.1) is 0 Å². The molecular weight excluding hydrogens is 368 g/mol. The lowest BCUT2D eigenvalue weighted by Crippen LogP contribution is -1.99. The maximum atomic E-state index is 5.96. The third-order valence-electron chi connectivity index (χ3n) is 5.35. The van der Waals surface area contributed by atoms with Gasteiger partial charge < -0.3 is 9.47 Å².